The number of imidazole rings is 1. The largest absolute Gasteiger partial charge is 0.414 e. The molecule has 2 rings (SSSR count). The first-order chi connectivity index (χ1) is 7.97. The average Bonchev–Trinajstić information content (AvgIpc) is 2.66. The van der Waals surface area contributed by atoms with Crippen molar-refractivity contribution < 1.29 is 18.3 Å². The number of halogens is 3. The third-order valence-electron chi connectivity index (χ3n) is 2.47. The third kappa shape index (κ3) is 2.76. The molecule has 0 saturated heterocycles. The number of aromatic amines is 1. The van der Waals surface area contributed by atoms with E-state index in [1.807, 2.05) is 6.07 Å². The number of rotatable bonds is 3. The summed E-state index contributed by atoms with van der Waals surface area (Å²) >= 11 is 0. The van der Waals surface area contributed by atoms with E-state index in [1.54, 1.807) is 18.2 Å². The Balaban J connectivity index is 2.04. The van der Waals surface area contributed by atoms with Gasteiger partial charge in [-0.05, 0) is 18.6 Å². The number of aromatic nitrogens is 2. The maximum atomic E-state index is 12.1. The molecule has 0 fully saturated rings. The Morgan fingerprint density at radius 1 is 1.29 bits per heavy atom. The molecule has 0 bridgehead atoms. The van der Waals surface area contributed by atoms with Gasteiger partial charge in [0.05, 0.1) is 11.0 Å². The fraction of sp³-hybridized carbons (Fsp3) is 0.364. The first kappa shape index (κ1) is 11.9. The second-order valence-corrected chi connectivity index (χ2v) is 3.80. The zero-order valence-electron chi connectivity index (χ0n) is 8.83. The molecule has 1 heterocycles. The van der Waals surface area contributed by atoms with Crippen LogP contribution in [0.5, 0.6) is 0 Å². The van der Waals surface area contributed by atoms with Crippen LogP contribution >= 0.6 is 0 Å². The van der Waals surface area contributed by atoms with Gasteiger partial charge < -0.3 is 10.1 Å². The highest BCUT2D eigenvalue weighted by Gasteiger charge is 2.37. The first-order valence-electron chi connectivity index (χ1n) is 5.15. The van der Waals surface area contributed by atoms with Crippen LogP contribution in [-0.2, 0) is 6.42 Å². The van der Waals surface area contributed by atoms with E-state index in [2.05, 4.69) is 9.97 Å². The number of para-hydroxylation sites is 2. The van der Waals surface area contributed by atoms with Crippen LogP contribution in [0.1, 0.15) is 12.2 Å². The van der Waals surface area contributed by atoms with Gasteiger partial charge in [0.1, 0.15) is 11.9 Å². The Kier molecular flexibility index (Phi) is 3.06. The molecule has 1 aromatic heterocycles. The Bertz CT molecular complexity index is 474. The molecule has 2 aromatic rings. The standard InChI is InChI=1S/C11H11F3N2O/c12-11(13,14)9(17)5-6-10-15-7-3-1-2-4-8(7)16-10/h1-4,9,17H,5-6H2,(H,15,16)/t9-/m1/s1. The van der Waals surface area contributed by atoms with E-state index in [9.17, 15) is 13.2 Å². The van der Waals surface area contributed by atoms with Gasteiger partial charge in [0, 0.05) is 6.42 Å². The van der Waals surface area contributed by atoms with Crippen molar-refractivity contribution in [3.05, 3.63) is 30.1 Å². The van der Waals surface area contributed by atoms with Gasteiger partial charge in [0.2, 0.25) is 0 Å². The number of aryl methyl sites for hydroxylation is 1. The molecule has 17 heavy (non-hydrogen) atoms. The van der Waals surface area contributed by atoms with Crippen molar-refractivity contribution in [1.29, 1.82) is 0 Å². The fourth-order valence-corrected chi connectivity index (χ4v) is 1.56. The van der Waals surface area contributed by atoms with Crippen LogP contribution in [0.4, 0.5) is 13.2 Å². The van der Waals surface area contributed by atoms with Crippen LogP contribution in [-0.4, -0.2) is 27.4 Å². The first-order valence-corrected chi connectivity index (χ1v) is 5.15. The highest BCUT2D eigenvalue weighted by atomic mass is 19.4. The van der Waals surface area contributed by atoms with Gasteiger partial charge >= 0.3 is 6.18 Å². The molecule has 0 unspecified atom stereocenters. The van der Waals surface area contributed by atoms with Crippen molar-refractivity contribution in [3.8, 4) is 0 Å². The van der Waals surface area contributed by atoms with Crippen molar-refractivity contribution in [3.63, 3.8) is 0 Å². The van der Waals surface area contributed by atoms with Gasteiger partial charge in [0.25, 0.3) is 0 Å². The summed E-state index contributed by atoms with van der Waals surface area (Å²) in [6.45, 7) is 0. The molecule has 1 atom stereocenters. The number of fused-ring (bicyclic) bond motifs is 1. The number of nitrogens with zero attached hydrogens (tertiary/aromatic N) is 1. The number of nitrogens with one attached hydrogen (secondary N) is 1. The predicted octanol–water partition coefficient (Wildman–Crippen LogP) is 2.42. The lowest BCUT2D eigenvalue weighted by atomic mass is 10.2. The highest BCUT2D eigenvalue weighted by Crippen LogP contribution is 2.23. The highest BCUT2D eigenvalue weighted by molar-refractivity contribution is 5.74. The minimum Gasteiger partial charge on any atom is -0.384 e. The number of H-pyrrole nitrogens is 1. The molecule has 0 saturated carbocycles. The van der Waals surface area contributed by atoms with E-state index in [4.69, 9.17) is 5.11 Å². The third-order valence-corrected chi connectivity index (χ3v) is 2.47. The number of benzene rings is 1. The topological polar surface area (TPSA) is 48.9 Å². The summed E-state index contributed by atoms with van der Waals surface area (Å²) in [4.78, 5) is 7.05. The summed E-state index contributed by atoms with van der Waals surface area (Å²) in [7, 11) is 0. The van der Waals surface area contributed by atoms with Gasteiger partial charge in [-0.15, -0.1) is 0 Å². The summed E-state index contributed by atoms with van der Waals surface area (Å²) in [5.74, 6) is 0.453. The number of aliphatic hydroxyl groups excluding tert-OH is 1. The summed E-state index contributed by atoms with van der Waals surface area (Å²) in [5.41, 5.74) is 1.49. The van der Waals surface area contributed by atoms with Crippen LogP contribution in [0.15, 0.2) is 24.3 Å². The van der Waals surface area contributed by atoms with Gasteiger partial charge in [-0.1, -0.05) is 12.1 Å². The molecule has 92 valence electrons. The normalized spacial score (nSPS) is 14.1. The molecule has 6 heteroatoms. The molecule has 0 aliphatic carbocycles. The van der Waals surface area contributed by atoms with Crippen molar-refractivity contribution >= 4 is 11.0 Å². The molecule has 2 N–H and O–H groups in total. The molecule has 0 radical (unpaired) electrons. The lowest BCUT2D eigenvalue weighted by molar-refractivity contribution is -0.205. The summed E-state index contributed by atoms with van der Waals surface area (Å²) < 4.78 is 36.2. The molecule has 0 aliphatic rings. The van der Waals surface area contributed by atoms with Crippen molar-refractivity contribution in [2.75, 3.05) is 0 Å². The molecule has 0 aliphatic heterocycles. The Morgan fingerprint density at radius 3 is 2.65 bits per heavy atom. The van der Waals surface area contributed by atoms with Crippen molar-refractivity contribution in [2.45, 2.75) is 25.1 Å². The maximum absolute atomic E-state index is 12.1. The fourth-order valence-electron chi connectivity index (χ4n) is 1.56. The molecule has 0 spiro atoms. The van der Waals surface area contributed by atoms with Crippen molar-refractivity contribution in [2.24, 2.45) is 0 Å². The average molecular weight is 244 g/mol. The van der Waals surface area contributed by atoms with Crippen LogP contribution in [0, 0.1) is 0 Å². The summed E-state index contributed by atoms with van der Waals surface area (Å²) in [6, 6.07) is 7.19. The summed E-state index contributed by atoms with van der Waals surface area (Å²) in [5, 5.41) is 8.86. The molecular formula is C11H11F3N2O. The number of alkyl halides is 3. The number of aliphatic hydroxyl groups is 1. The molecule has 3 nitrogen and oxygen atoms in total. The minimum atomic E-state index is -4.56. The molecular weight excluding hydrogens is 233 g/mol. The second-order valence-electron chi connectivity index (χ2n) is 3.80. The second kappa shape index (κ2) is 4.37. The van der Waals surface area contributed by atoms with Crippen molar-refractivity contribution in [1.82, 2.24) is 9.97 Å². The minimum absolute atomic E-state index is 0.0648. The number of hydrogen-bond donors (Lipinski definition) is 2. The number of hydrogen-bond acceptors (Lipinski definition) is 2. The van der Waals surface area contributed by atoms with Crippen LogP contribution in [0.3, 0.4) is 0 Å². The predicted molar refractivity (Wildman–Crippen MR) is 56.5 cm³/mol. The van der Waals surface area contributed by atoms with Gasteiger partial charge in [-0.2, -0.15) is 13.2 Å². The van der Waals surface area contributed by atoms with E-state index in [0.717, 1.165) is 5.52 Å². The lowest BCUT2D eigenvalue weighted by Gasteiger charge is -2.12. The quantitative estimate of drug-likeness (QED) is 0.871. The van der Waals surface area contributed by atoms with Crippen LogP contribution < -0.4 is 0 Å². The molecule has 0 amide bonds. The summed E-state index contributed by atoms with van der Waals surface area (Å²) in [6.07, 6.45) is -7.18. The van der Waals surface area contributed by atoms with Gasteiger partial charge in [-0.25, -0.2) is 4.98 Å². The maximum Gasteiger partial charge on any atom is 0.414 e. The molecule has 1 aromatic carbocycles. The zero-order valence-corrected chi connectivity index (χ0v) is 8.83. The van der Waals surface area contributed by atoms with Crippen LogP contribution in [0.2, 0.25) is 0 Å². The van der Waals surface area contributed by atoms with Gasteiger partial charge in [0.15, 0.2) is 0 Å². The Labute approximate surface area is 95.3 Å². The lowest BCUT2D eigenvalue weighted by Crippen LogP contribution is -2.28. The van der Waals surface area contributed by atoms with Crippen LogP contribution in [0.25, 0.3) is 11.0 Å². The van der Waals surface area contributed by atoms with E-state index in [1.165, 1.54) is 0 Å². The zero-order chi connectivity index (χ0) is 12.5. The SMILES string of the molecule is O[C@H](CCc1nc2ccccc2[nH]1)C(F)(F)F. The van der Waals surface area contributed by atoms with Gasteiger partial charge in [-0.3, -0.25) is 0 Å². The monoisotopic (exact) mass is 244 g/mol. The Morgan fingerprint density at radius 2 is 2.00 bits per heavy atom. The van der Waals surface area contributed by atoms with E-state index in [-0.39, 0.29) is 12.8 Å². The van der Waals surface area contributed by atoms with E-state index >= 15 is 0 Å². The smallest absolute Gasteiger partial charge is 0.384 e. The van der Waals surface area contributed by atoms with E-state index in [0.29, 0.717) is 11.3 Å². The van der Waals surface area contributed by atoms with E-state index < -0.39 is 12.3 Å². The Hall–Kier alpha value is -1.56.